The monoisotopic (exact) mass is 661 g/mol. The fourth-order valence-electron chi connectivity index (χ4n) is 7.24. The van der Waals surface area contributed by atoms with Gasteiger partial charge < -0.3 is 25.1 Å². The number of nitrogens with one attached hydrogen (secondary N) is 3. The summed E-state index contributed by atoms with van der Waals surface area (Å²) in [7, 11) is 1.40. The van der Waals surface area contributed by atoms with Crippen LogP contribution in [0.5, 0.6) is 0 Å². The smallest absolute Gasteiger partial charge is 0.407 e. The van der Waals surface area contributed by atoms with Crippen molar-refractivity contribution < 1.29 is 19.4 Å². The Balaban J connectivity index is 1.02. The van der Waals surface area contributed by atoms with E-state index in [0.717, 1.165) is 89.1 Å². The van der Waals surface area contributed by atoms with Crippen LogP contribution in [0.25, 0.3) is 44.5 Å². The topological polar surface area (TPSA) is 139 Å². The number of hydrogen-bond donors (Lipinski definition) is 4. The first-order valence-electron chi connectivity index (χ1n) is 17.1. The van der Waals surface area contributed by atoms with Gasteiger partial charge in [-0.05, 0) is 78.1 Å². The molecule has 1 unspecified atom stereocenters. The van der Waals surface area contributed by atoms with Crippen molar-refractivity contribution in [2.24, 2.45) is 5.92 Å². The van der Waals surface area contributed by atoms with Crippen molar-refractivity contribution in [1.29, 1.82) is 0 Å². The fourth-order valence-corrected chi connectivity index (χ4v) is 7.24. The first-order chi connectivity index (χ1) is 23.8. The first kappa shape index (κ1) is 32.4. The van der Waals surface area contributed by atoms with Gasteiger partial charge in [-0.25, -0.2) is 19.6 Å². The molecule has 2 saturated heterocycles. The zero-order valence-electron chi connectivity index (χ0n) is 28.1. The zero-order chi connectivity index (χ0) is 34.1. The lowest BCUT2D eigenvalue weighted by Crippen LogP contribution is -2.46. The second-order valence-electron chi connectivity index (χ2n) is 13.5. The molecule has 0 aliphatic carbocycles. The summed E-state index contributed by atoms with van der Waals surface area (Å²) in [6, 6.07) is 23.2. The molecule has 254 valence electrons. The number of nitrogens with zero attached hydrogens (tertiary/aromatic N) is 4. The lowest BCUT2D eigenvalue weighted by molar-refractivity contribution is 0.139. The largest absolute Gasteiger partial charge is 0.465 e. The number of ether oxygens (including phenoxy) is 1. The van der Waals surface area contributed by atoms with Crippen LogP contribution in [0.2, 0.25) is 0 Å². The molecule has 3 aromatic carbocycles. The number of hydrogen-bond acceptors (Lipinski definition) is 6. The Labute approximate surface area is 285 Å². The Morgan fingerprint density at radius 2 is 1.51 bits per heavy atom. The summed E-state index contributed by atoms with van der Waals surface area (Å²) in [5.74, 6) is 1.94. The van der Waals surface area contributed by atoms with E-state index in [-0.39, 0.29) is 24.0 Å². The Morgan fingerprint density at radius 1 is 0.878 bits per heavy atom. The highest BCUT2D eigenvalue weighted by Crippen LogP contribution is 2.34. The van der Waals surface area contributed by atoms with Crippen LogP contribution in [0.3, 0.4) is 0 Å². The second kappa shape index (κ2) is 13.8. The van der Waals surface area contributed by atoms with E-state index >= 15 is 0 Å². The number of fused-ring (bicyclic) bond motifs is 1. The number of imidazole rings is 2. The van der Waals surface area contributed by atoms with Crippen LogP contribution < -0.4 is 5.32 Å². The van der Waals surface area contributed by atoms with Gasteiger partial charge in [0.05, 0.1) is 42.1 Å². The molecule has 11 heteroatoms. The van der Waals surface area contributed by atoms with Crippen molar-refractivity contribution in [2.45, 2.75) is 57.7 Å². The normalized spacial score (nSPS) is 18.7. The van der Waals surface area contributed by atoms with E-state index in [0.29, 0.717) is 12.4 Å². The van der Waals surface area contributed by atoms with Gasteiger partial charge in [-0.15, -0.1) is 0 Å². The molecule has 0 saturated carbocycles. The van der Waals surface area contributed by atoms with Crippen LogP contribution in [0.4, 0.5) is 9.59 Å². The minimum absolute atomic E-state index is 0.00703. The molecule has 2 aromatic heterocycles. The van der Waals surface area contributed by atoms with Crippen LogP contribution in [-0.4, -0.2) is 79.8 Å². The van der Waals surface area contributed by atoms with E-state index < -0.39 is 12.2 Å². The Hall–Kier alpha value is -5.16. The molecule has 2 aliphatic heterocycles. The summed E-state index contributed by atoms with van der Waals surface area (Å²) in [6.45, 7) is 6.48. The number of H-pyrrole nitrogens is 2. The van der Waals surface area contributed by atoms with Gasteiger partial charge in [0, 0.05) is 19.1 Å². The lowest BCUT2D eigenvalue weighted by atomic mass is 9.99. The minimum Gasteiger partial charge on any atom is -0.465 e. The van der Waals surface area contributed by atoms with Crippen LogP contribution >= 0.6 is 0 Å². The summed E-state index contributed by atoms with van der Waals surface area (Å²) < 4.78 is 4.85. The number of aromatic nitrogens is 4. The van der Waals surface area contributed by atoms with Gasteiger partial charge in [-0.2, -0.15) is 0 Å². The molecule has 2 amide bonds. The SMILES string of the molecule is COC(=O)N[C@H](CN1CCC[C@H]1c1ncc(-c2ccc(-c3ccc(-c4ccc5nc(C6CCCN6C(=O)O)[nH]c5c4)cc3)cc2)[nH]1)C(C)C. The van der Waals surface area contributed by atoms with Crippen LogP contribution in [0, 0.1) is 5.92 Å². The third-order valence-corrected chi connectivity index (χ3v) is 10.1. The Kier molecular flexibility index (Phi) is 9.09. The fraction of sp³-hybridized carbons (Fsp3) is 0.368. The van der Waals surface area contributed by atoms with Gasteiger partial charge in [0.15, 0.2) is 0 Å². The van der Waals surface area contributed by atoms with E-state index in [1.54, 1.807) is 0 Å². The summed E-state index contributed by atoms with van der Waals surface area (Å²) in [4.78, 5) is 43.9. The summed E-state index contributed by atoms with van der Waals surface area (Å²) in [5.41, 5.74) is 8.22. The number of alkyl carbamates (subject to hydrolysis) is 1. The maximum absolute atomic E-state index is 11.9. The molecule has 2 fully saturated rings. The second-order valence-corrected chi connectivity index (χ2v) is 13.5. The first-order valence-corrected chi connectivity index (χ1v) is 17.1. The van der Waals surface area contributed by atoms with Crippen molar-refractivity contribution in [3.8, 4) is 33.5 Å². The molecule has 3 atom stereocenters. The van der Waals surface area contributed by atoms with E-state index in [1.807, 2.05) is 12.3 Å². The Morgan fingerprint density at radius 3 is 2.18 bits per heavy atom. The molecule has 11 nitrogen and oxygen atoms in total. The summed E-state index contributed by atoms with van der Waals surface area (Å²) in [6.07, 6.45) is 4.35. The lowest BCUT2D eigenvalue weighted by Gasteiger charge is -2.30. The van der Waals surface area contributed by atoms with Gasteiger partial charge in [-0.1, -0.05) is 68.4 Å². The van der Waals surface area contributed by atoms with Crippen molar-refractivity contribution in [2.75, 3.05) is 26.7 Å². The predicted octanol–water partition coefficient (Wildman–Crippen LogP) is 7.62. The number of rotatable bonds is 9. The maximum atomic E-state index is 11.9. The number of aromatic amines is 2. The van der Waals surface area contributed by atoms with Gasteiger partial charge in [-0.3, -0.25) is 9.80 Å². The van der Waals surface area contributed by atoms with Crippen molar-refractivity contribution in [1.82, 2.24) is 35.1 Å². The average Bonchev–Trinajstić information content (AvgIpc) is 3.94. The molecule has 4 N–H and O–H groups in total. The molecule has 4 heterocycles. The highest BCUT2D eigenvalue weighted by Gasteiger charge is 2.33. The molecule has 0 radical (unpaired) electrons. The molecule has 0 spiro atoms. The number of carbonyl (C=O) groups is 2. The molecule has 5 aromatic rings. The van der Waals surface area contributed by atoms with E-state index in [1.165, 1.54) is 12.0 Å². The third kappa shape index (κ3) is 6.76. The van der Waals surface area contributed by atoms with E-state index in [9.17, 15) is 14.7 Å². The van der Waals surface area contributed by atoms with Crippen LogP contribution in [0.1, 0.15) is 63.3 Å². The van der Waals surface area contributed by atoms with Crippen molar-refractivity contribution in [3.05, 3.63) is 84.6 Å². The van der Waals surface area contributed by atoms with E-state index in [2.05, 4.69) is 94.7 Å². The maximum Gasteiger partial charge on any atom is 0.407 e. The summed E-state index contributed by atoms with van der Waals surface area (Å²) in [5, 5.41) is 12.5. The van der Waals surface area contributed by atoms with Gasteiger partial charge >= 0.3 is 12.2 Å². The standard InChI is InChI=1S/C38H43N7O4/c1-23(2)32(43-37(46)49-3)22-44-18-4-6-33(44)35-39-21-31(42-35)27-14-12-25(13-15-27)24-8-10-26(11-9-24)28-16-17-29-30(20-28)41-36(40-29)34-7-5-19-45(34)38(47)48/h8-17,20-21,23,32-34H,4-7,18-19,22H2,1-3H3,(H,39,42)(H,40,41)(H,43,46)(H,47,48)/t32-,33+,34?/m1/s1. The van der Waals surface area contributed by atoms with E-state index in [4.69, 9.17) is 14.7 Å². The zero-order valence-corrected chi connectivity index (χ0v) is 28.1. The predicted molar refractivity (Wildman–Crippen MR) is 189 cm³/mol. The number of carbonyl (C=O) groups excluding carboxylic acids is 1. The highest BCUT2D eigenvalue weighted by molar-refractivity contribution is 5.83. The number of likely N-dealkylation sites (tertiary alicyclic amines) is 2. The highest BCUT2D eigenvalue weighted by atomic mass is 16.5. The molecule has 2 aliphatic rings. The number of benzene rings is 3. The van der Waals surface area contributed by atoms with Gasteiger partial charge in [0.2, 0.25) is 0 Å². The van der Waals surface area contributed by atoms with Gasteiger partial charge in [0.25, 0.3) is 0 Å². The van der Waals surface area contributed by atoms with Crippen molar-refractivity contribution >= 4 is 23.2 Å². The number of carboxylic acid groups (broad SMARTS) is 1. The summed E-state index contributed by atoms with van der Waals surface area (Å²) >= 11 is 0. The average molecular weight is 662 g/mol. The molecular formula is C38H43N7O4. The third-order valence-electron chi connectivity index (χ3n) is 10.1. The van der Waals surface area contributed by atoms with Crippen LogP contribution in [-0.2, 0) is 4.74 Å². The molecule has 49 heavy (non-hydrogen) atoms. The Bertz CT molecular complexity index is 1930. The molecule has 0 bridgehead atoms. The van der Waals surface area contributed by atoms with Gasteiger partial charge in [0.1, 0.15) is 11.6 Å². The molecular weight excluding hydrogens is 618 g/mol. The number of methoxy groups -OCH3 is 1. The van der Waals surface area contributed by atoms with Crippen LogP contribution in [0.15, 0.2) is 72.9 Å². The molecule has 7 rings (SSSR count). The number of amides is 2. The minimum atomic E-state index is -0.899. The van der Waals surface area contributed by atoms with Crippen molar-refractivity contribution in [3.63, 3.8) is 0 Å². The quantitative estimate of drug-likeness (QED) is 0.127.